The van der Waals surface area contributed by atoms with Gasteiger partial charge in [-0.25, -0.2) is 0 Å². The van der Waals surface area contributed by atoms with E-state index in [2.05, 4.69) is 83.3 Å². The van der Waals surface area contributed by atoms with Crippen molar-refractivity contribution in [2.24, 2.45) is 0 Å². The van der Waals surface area contributed by atoms with Gasteiger partial charge in [-0.3, -0.25) is 0 Å². The minimum absolute atomic E-state index is 0.266. The van der Waals surface area contributed by atoms with E-state index in [0.29, 0.717) is 10.0 Å². The Kier molecular flexibility index (Phi) is 5.31. The van der Waals surface area contributed by atoms with Crippen LogP contribution in [0.25, 0.3) is 0 Å². The molecule has 3 atom stereocenters. The van der Waals surface area contributed by atoms with Crippen LogP contribution in [0.3, 0.4) is 0 Å². The van der Waals surface area contributed by atoms with E-state index in [-0.39, 0.29) is 6.10 Å². The maximum Gasteiger partial charge on any atom is 0.0838 e. The SMILES string of the molecule is I[C@H]1C[C@@H](CCc2ccccc2)O[C@@H](c2ccccc2)C1. The van der Waals surface area contributed by atoms with Crippen LogP contribution in [0.15, 0.2) is 60.7 Å². The van der Waals surface area contributed by atoms with E-state index < -0.39 is 0 Å². The molecule has 110 valence electrons. The predicted molar refractivity (Wildman–Crippen MR) is 95.9 cm³/mol. The molecule has 1 fully saturated rings. The zero-order valence-corrected chi connectivity index (χ0v) is 14.3. The van der Waals surface area contributed by atoms with Gasteiger partial charge in [-0.1, -0.05) is 83.3 Å². The lowest BCUT2D eigenvalue weighted by molar-refractivity contribution is -0.0501. The first kappa shape index (κ1) is 15.0. The monoisotopic (exact) mass is 392 g/mol. The van der Waals surface area contributed by atoms with Crippen molar-refractivity contribution in [3.8, 4) is 0 Å². The van der Waals surface area contributed by atoms with Crippen molar-refractivity contribution in [3.63, 3.8) is 0 Å². The predicted octanol–water partition coefficient (Wildman–Crippen LogP) is 5.34. The summed E-state index contributed by atoms with van der Waals surface area (Å²) in [6.07, 6.45) is 5.18. The van der Waals surface area contributed by atoms with Crippen molar-refractivity contribution < 1.29 is 4.74 Å². The zero-order chi connectivity index (χ0) is 14.5. The van der Waals surface area contributed by atoms with Crippen LogP contribution in [-0.4, -0.2) is 10.0 Å². The summed E-state index contributed by atoms with van der Waals surface area (Å²) < 4.78 is 7.07. The lowest BCUT2D eigenvalue weighted by Crippen LogP contribution is -2.29. The van der Waals surface area contributed by atoms with Gasteiger partial charge in [0.1, 0.15) is 0 Å². The first-order valence-electron chi connectivity index (χ1n) is 7.69. The second-order valence-corrected chi connectivity index (χ2v) is 7.51. The van der Waals surface area contributed by atoms with Gasteiger partial charge in [-0.05, 0) is 36.8 Å². The standard InChI is InChI=1S/C19H21IO/c20-17-13-18(12-11-15-7-3-1-4-8-15)21-19(14-17)16-9-5-2-6-10-16/h1-10,17-19H,11-14H2/t17-,18+,19+/m0/s1. The van der Waals surface area contributed by atoms with Gasteiger partial charge < -0.3 is 4.74 Å². The molecule has 0 aliphatic carbocycles. The summed E-state index contributed by atoms with van der Waals surface area (Å²) >= 11 is 2.59. The molecular weight excluding hydrogens is 371 g/mol. The quantitative estimate of drug-likeness (QED) is 0.504. The van der Waals surface area contributed by atoms with Crippen LogP contribution in [0.1, 0.15) is 36.5 Å². The van der Waals surface area contributed by atoms with E-state index in [1.165, 1.54) is 17.5 Å². The van der Waals surface area contributed by atoms with E-state index in [0.717, 1.165) is 19.3 Å². The lowest BCUT2D eigenvalue weighted by atomic mass is 9.95. The van der Waals surface area contributed by atoms with Gasteiger partial charge >= 0.3 is 0 Å². The molecule has 0 aromatic heterocycles. The van der Waals surface area contributed by atoms with Crippen molar-refractivity contribution in [3.05, 3.63) is 71.8 Å². The Bertz CT molecular complexity index is 540. The molecule has 3 rings (SSSR count). The first-order valence-corrected chi connectivity index (χ1v) is 8.94. The first-order chi connectivity index (χ1) is 10.3. The summed E-state index contributed by atoms with van der Waals surface area (Å²) in [6, 6.07) is 21.4. The number of hydrogen-bond donors (Lipinski definition) is 0. The maximum atomic E-state index is 6.36. The Morgan fingerprint density at radius 1 is 0.905 bits per heavy atom. The zero-order valence-electron chi connectivity index (χ0n) is 12.1. The molecule has 0 saturated carbocycles. The molecule has 1 aliphatic heterocycles. The van der Waals surface area contributed by atoms with E-state index in [4.69, 9.17) is 4.74 Å². The van der Waals surface area contributed by atoms with Crippen LogP contribution in [0.2, 0.25) is 0 Å². The van der Waals surface area contributed by atoms with Gasteiger partial charge in [0.05, 0.1) is 12.2 Å². The summed E-state index contributed by atoms with van der Waals surface area (Å²) in [6.45, 7) is 0. The fraction of sp³-hybridized carbons (Fsp3) is 0.368. The molecule has 0 spiro atoms. The second-order valence-electron chi connectivity index (χ2n) is 5.75. The van der Waals surface area contributed by atoms with Gasteiger partial charge in [0, 0.05) is 3.92 Å². The van der Waals surface area contributed by atoms with Crippen LogP contribution in [0.5, 0.6) is 0 Å². The third-order valence-corrected chi connectivity index (χ3v) is 5.13. The number of halogens is 1. The molecule has 21 heavy (non-hydrogen) atoms. The third-order valence-electron chi connectivity index (χ3n) is 4.11. The molecule has 1 aliphatic rings. The Morgan fingerprint density at radius 2 is 1.57 bits per heavy atom. The number of hydrogen-bond acceptors (Lipinski definition) is 1. The van der Waals surface area contributed by atoms with E-state index >= 15 is 0 Å². The van der Waals surface area contributed by atoms with Crippen LogP contribution in [0.4, 0.5) is 0 Å². The summed E-state index contributed by atoms with van der Waals surface area (Å²) in [5.74, 6) is 0. The molecule has 1 heterocycles. The third kappa shape index (κ3) is 4.30. The van der Waals surface area contributed by atoms with Crippen LogP contribution >= 0.6 is 22.6 Å². The van der Waals surface area contributed by atoms with Crippen LogP contribution < -0.4 is 0 Å². The van der Waals surface area contributed by atoms with Crippen molar-refractivity contribution in [2.45, 2.75) is 41.8 Å². The van der Waals surface area contributed by atoms with Gasteiger partial charge in [-0.2, -0.15) is 0 Å². The summed E-state index contributed by atoms with van der Waals surface area (Å²) in [4.78, 5) is 0. The highest BCUT2D eigenvalue weighted by Gasteiger charge is 2.28. The highest BCUT2D eigenvalue weighted by Crippen LogP contribution is 2.36. The normalized spacial score (nSPS) is 25.7. The van der Waals surface area contributed by atoms with E-state index in [1.54, 1.807) is 0 Å². The van der Waals surface area contributed by atoms with Crippen LogP contribution in [0, 0.1) is 0 Å². The lowest BCUT2D eigenvalue weighted by Gasteiger charge is -2.33. The molecule has 1 saturated heterocycles. The van der Waals surface area contributed by atoms with Crippen LogP contribution in [-0.2, 0) is 11.2 Å². The molecule has 0 amide bonds. The largest absolute Gasteiger partial charge is 0.370 e. The number of benzene rings is 2. The fourth-order valence-electron chi connectivity index (χ4n) is 3.00. The molecule has 2 aromatic rings. The fourth-order valence-corrected chi connectivity index (χ4v) is 4.03. The van der Waals surface area contributed by atoms with Gasteiger partial charge in [-0.15, -0.1) is 0 Å². The molecular formula is C19H21IO. The average Bonchev–Trinajstić information content (AvgIpc) is 2.54. The molecule has 0 N–H and O–H groups in total. The number of ether oxygens (including phenoxy) is 1. The number of rotatable bonds is 4. The van der Waals surface area contributed by atoms with E-state index in [9.17, 15) is 0 Å². The molecule has 1 nitrogen and oxygen atoms in total. The van der Waals surface area contributed by atoms with Gasteiger partial charge in [0.25, 0.3) is 0 Å². The topological polar surface area (TPSA) is 9.23 Å². The highest BCUT2D eigenvalue weighted by molar-refractivity contribution is 14.1. The molecule has 0 bridgehead atoms. The van der Waals surface area contributed by atoms with E-state index in [1.807, 2.05) is 0 Å². The van der Waals surface area contributed by atoms with Crippen molar-refractivity contribution in [2.75, 3.05) is 0 Å². The Labute approximate surface area is 140 Å². The molecule has 2 aromatic carbocycles. The van der Waals surface area contributed by atoms with Crippen molar-refractivity contribution in [1.29, 1.82) is 0 Å². The average molecular weight is 392 g/mol. The number of aryl methyl sites for hydroxylation is 1. The smallest absolute Gasteiger partial charge is 0.0838 e. The minimum Gasteiger partial charge on any atom is -0.370 e. The highest BCUT2D eigenvalue weighted by atomic mass is 127. The second kappa shape index (κ2) is 7.41. The molecule has 0 unspecified atom stereocenters. The Morgan fingerprint density at radius 3 is 2.29 bits per heavy atom. The summed E-state index contributed by atoms with van der Waals surface area (Å²) in [5.41, 5.74) is 2.73. The van der Waals surface area contributed by atoms with Crippen molar-refractivity contribution >= 4 is 22.6 Å². The molecule has 2 heteroatoms. The van der Waals surface area contributed by atoms with Gasteiger partial charge in [0.15, 0.2) is 0 Å². The Hall–Kier alpha value is -0.870. The Balaban J connectivity index is 1.61. The summed E-state index contributed by atoms with van der Waals surface area (Å²) in [7, 11) is 0. The maximum absolute atomic E-state index is 6.36. The van der Waals surface area contributed by atoms with Crippen molar-refractivity contribution in [1.82, 2.24) is 0 Å². The summed E-state index contributed by atoms with van der Waals surface area (Å²) in [5, 5.41) is 0. The minimum atomic E-state index is 0.266. The van der Waals surface area contributed by atoms with Gasteiger partial charge in [0.2, 0.25) is 0 Å². The number of alkyl halides is 1. The molecule has 0 radical (unpaired) electrons.